The monoisotopic (exact) mass is 348 g/mol. The van der Waals surface area contributed by atoms with Crippen LogP contribution in [-0.4, -0.2) is 48.7 Å². The summed E-state index contributed by atoms with van der Waals surface area (Å²) in [5, 5.41) is 3.92. The van der Waals surface area contributed by atoms with Gasteiger partial charge in [0.05, 0.1) is 16.9 Å². The number of aromatic nitrogens is 2. The number of carbonyl (C=O) groups is 1. The minimum atomic E-state index is -0.0646. The molecule has 1 N–H and O–H groups in total. The molecular weight excluding hydrogens is 324 g/mol. The van der Waals surface area contributed by atoms with Gasteiger partial charge < -0.3 is 15.0 Å². The summed E-state index contributed by atoms with van der Waals surface area (Å²) in [4.78, 5) is 25.4. The number of amides is 1. The van der Waals surface area contributed by atoms with Crippen LogP contribution in [0.25, 0.3) is 10.2 Å². The Labute approximate surface area is 146 Å². The van der Waals surface area contributed by atoms with Gasteiger partial charge in [0.15, 0.2) is 0 Å². The number of anilines is 1. The molecule has 1 saturated heterocycles. The molecule has 0 bridgehead atoms. The van der Waals surface area contributed by atoms with Crippen LogP contribution in [0.1, 0.15) is 41.4 Å². The molecule has 24 heavy (non-hydrogen) atoms. The molecule has 0 aromatic carbocycles. The smallest absolute Gasteiger partial charge is 0.261 e. The second-order valence-corrected chi connectivity index (χ2v) is 7.22. The van der Waals surface area contributed by atoms with Crippen LogP contribution in [0.3, 0.4) is 0 Å². The molecule has 0 aliphatic carbocycles. The van der Waals surface area contributed by atoms with Crippen LogP contribution in [0, 0.1) is 6.92 Å². The lowest BCUT2D eigenvalue weighted by molar-refractivity contribution is 0.0940. The Kier molecular flexibility index (Phi) is 5.30. The molecular formula is C17H24N4O2S. The van der Waals surface area contributed by atoms with Crippen molar-refractivity contribution in [3.63, 3.8) is 0 Å². The van der Waals surface area contributed by atoms with Gasteiger partial charge in [-0.1, -0.05) is 0 Å². The van der Waals surface area contributed by atoms with Crippen LogP contribution < -0.4 is 10.2 Å². The Morgan fingerprint density at radius 1 is 1.46 bits per heavy atom. The highest BCUT2D eigenvalue weighted by atomic mass is 32.1. The first kappa shape index (κ1) is 17.1. The molecule has 3 heterocycles. The summed E-state index contributed by atoms with van der Waals surface area (Å²) in [6, 6.07) is 0.468. The van der Waals surface area contributed by atoms with Crippen molar-refractivity contribution in [1.82, 2.24) is 15.3 Å². The standard InChI is InChI=1S/C17H24N4O2S/c1-11-6-4-5-8-21(11)15-13-12(2)14(16(22)18-7-9-23-3)24-17(13)20-10-19-15/h10-11H,4-9H2,1-3H3,(H,18,22). The highest BCUT2D eigenvalue weighted by Crippen LogP contribution is 2.36. The molecule has 1 aliphatic rings. The topological polar surface area (TPSA) is 67.3 Å². The minimum absolute atomic E-state index is 0.0646. The predicted molar refractivity (Wildman–Crippen MR) is 97.0 cm³/mol. The van der Waals surface area contributed by atoms with Crippen molar-refractivity contribution < 1.29 is 9.53 Å². The number of hydrogen-bond donors (Lipinski definition) is 1. The van der Waals surface area contributed by atoms with Crippen LogP contribution in [0.15, 0.2) is 6.33 Å². The van der Waals surface area contributed by atoms with Crippen molar-refractivity contribution >= 4 is 33.3 Å². The van der Waals surface area contributed by atoms with E-state index in [0.717, 1.165) is 28.1 Å². The number of nitrogens with one attached hydrogen (secondary N) is 1. The van der Waals surface area contributed by atoms with Gasteiger partial charge in [0.1, 0.15) is 17.0 Å². The van der Waals surface area contributed by atoms with E-state index in [2.05, 4.69) is 27.1 Å². The molecule has 6 nitrogen and oxygen atoms in total. The zero-order valence-electron chi connectivity index (χ0n) is 14.5. The predicted octanol–water partition coefficient (Wildman–Crippen LogP) is 2.75. The zero-order valence-corrected chi connectivity index (χ0v) is 15.3. The van der Waals surface area contributed by atoms with E-state index < -0.39 is 0 Å². The van der Waals surface area contributed by atoms with Gasteiger partial charge in [-0.25, -0.2) is 9.97 Å². The number of thiophene rings is 1. The first-order valence-electron chi connectivity index (χ1n) is 8.41. The van der Waals surface area contributed by atoms with Crippen molar-refractivity contribution in [1.29, 1.82) is 0 Å². The Morgan fingerprint density at radius 3 is 3.04 bits per heavy atom. The Balaban J connectivity index is 1.96. The van der Waals surface area contributed by atoms with Crippen molar-refractivity contribution in [3.8, 4) is 0 Å². The van der Waals surface area contributed by atoms with E-state index in [0.29, 0.717) is 24.1 Å². The van der Waals surface area contributed by atoms with Crippen LogP contribution in [-0.2, 0) is 4.74 Å². The third-order valence-electron chi connectivity index (χ3n) is 4.58. The number of nitrogens with zero attached hydrogens (tertiary/aromatic N) is 3. The number of piperidine rings is 1. The number of hydrogen-bond acceptors (Lipinski definition) is 6. The molecule has 2 aromatic heterocycles. The summed E-state index contributed by atoms with van der Waals surface area (Å²) in [7, 11) is 1.62. The molecule has 2 aromatic rings. The molecule has 0 radical (unpaired) electrons. The van der Waals surface area contributed by atoms with E-state index in [4.69, 9.17) is 4.74 Å². The van der Waals surface area contributed by atoms with Gasteiger partial charge in [0.25, 0.3) is 5.91 Å². The Hall–Kier alpha value is -1.73. The van der Waals surface area contributed by atoms with Crippen LogP contribution in [0.4, 0.5) is 5.82 Å². The third kappa shape index (κ3) is 3.23. The first-order chi connectivity index (χ1) is 11.6. The maximum Gasteiger partial charge on any atom is 0.261 e. The molecule has 1 amide bonds. The molecule has 3 rings (SSSR count). The summed E-state index contributed by atoms with van der Waals surface area (Å²) in [5.74, 6) is 0.905. The molecule has 0 spiro atoms. The van der Waals surface area contributed by atoms with Gasteiger partial charge in [-0.05, 0) is 38.7 Å². The van der Waals surface area contributed by atoms with Crippen molar-refractivity contribution in [2.24, 2.45) is 0 Å². The summed E-state index contributed by atoms with van der Waals surface area (Å²) in [6.45, 7) is 6.26. The average Bonchev–Trinajstić information content (AvgIpc) is 2.93. The highest BCUT2D eigenvalue weighted by Gasteiger charge is 2.25. The average molecular weight is 348 g/mol. The zero-order chi connectivity index (χ0) is 17.1. The lowest BCUT2D eigenvalue weighted by Gasteiger charge is -2.34. The number of fused-ring (bicyclic) bond motifs is 1. The Bertz CT molecular complexity index is 731. The minimum Gasteiger partial charge on any atom is -0.383 e. The molecule has 1 atom stereocenters. The van der Waals surface area contributed by atoms with E-state index in [1.807, 2.05) is 6.92 Å². The molecule has 1 aliphatic heterocycles. The number of rotatable bonds is 5. The number of carbonyl (C=O) groups excluding carboxylic acids is 1. The van der Waals surface area contributed by atoms with E-state index in [1.54, 1.807) is 13.4 Å². The Morgan fingerprint density at radius 2 is 2.29 bits per heavy atom. The van der Waals surface area contributed by atoms with Gasteiger partial charge in [0, 0.05) is 26.2 Å². The van der Waals surface area contributed by atoms with E-state index in [1.165, 1.54) is 30.6 Å². The van der Waals surface area contributed by atoms with Crippen molar-refractivity contribution in [3.05, 3.63) is 16.8 Å². The van der Waals surface area contributed by atoms with Gasteiger partial charge in [-0.3, -0.25) is 4.79 Å². The quantitative estimate of drug-likeness (QED) is 0.842. The molecule has 0 saturated carbocycles. The number of aryl methyl sites for hydroxylation is 1. The second kappa shape index (κ2) is 7.44. The van der Waals surface area contributed by atoms with Crippen LogP contribution in [0.5, 0.6) is 0 Å². The van der Waals surface area contributed by atoms with E-state index >= 15 is 0 Å². The number of ether oxygens (including phenoxy) is 1. The molecule has 1 unspecified atom stereocenters. The van der Waals surface area contributed by atoms with Crippen molar-refractivity contribution in [2.45, 2.75) is 39.2 Å². The summed E-state index contributed by atoms with van der Waals surface area (Å²) in [6.07, 6.45) is 5.24. The maximum absolute atomic E-state index is 12.4. The fourth-order valence-electron chi connectivity index (χ4n) is 3.25. The number of methoxy groups -OCH3 is 1. The lowest BCUT2D eigenvalue weighted by Crippen LogP contribution is -2.38. The van der Waals surface area contributed by atoms with Crippen LogP contribution >= 0.6 is 11.3 Å². The van der Waals surface area contributed by atoms with E-state index in [9.17, 15) is 4.79 Å². The summed E-state index contributed by atoms with van der Waals surface area (Å²) < 4.78 is 4.99. The fraction of sp³-hybridized carbons (Fsp3) is 0.588. The summed E-state index contributed by atoms with van der Waals surface area (Å²) in [5.41, 5.74) is 0.971. The maximum atomic E-state index is 12.4. The fourth-order valence-corrected chi connectivity index (χ4v) is 4.31. The molecule has 130 valence electrons. The largest absolute Gasteiger partial charge is 0.383 e. The van der Waals surface area contributed by atoms with E-state index in [-0.39, 0.29) is 5.91 Å². The van der Waals surface area contributed by atoms with Gasteiger partial charge in [-0.2, -0.15) is 0 Å². The highest BCUT2D eigenvalue weighted by molar-refractivity contribution is 7.20. The lowest BCUT2D eigenvalue weighted by atomic mass is 10.0. The molecule has 1 fully saturated rings. The normalized spacial score (nSPS) is 18.1. The molecule has 7 heteroatoms. The SMILES string of the molecule is COCCNC(=O)c1sc2ncnc(N3CCCCC3C)c2c1C. The van der Waals surface area contributed by atoms with Gasteiger partial charge >= 0.3 is 0 Å². The second-order valence-electron chi connectivity index (χ2n) is 6.22. The first-order valence-corrected chi connectivity index (χ1v) is 9.23. The summed E-state index contributed by atoms with van der Waals surface area (Å²) >= 11 is 1.44. The van der Waals surface area contributed by atoms with Gasteiger partial charge in [-0.15, -0.1) is 11.3 Å². The van der Waals surface area contributed by atoms with Gasteiger partial charge in [0.2, 0.25) is 0 Å². The van der Waals surface area contributed by atoms with Crippen LogP contribution in [0.2, 0.25) is 0 Å². The van der Waals surface area contributed by atoms with Crippen molar-refractivity contribution in [2.75, 3.05) is 31.7 Å². The third-order valence-corrected chi connectivity index (χ3v) is 5.78.